The predicted octanol–water partition coefficient (Wildman–Crippen LogP) is 2.95. The number of carbonyl (C=O) groups is 1. The number of para-hydroxylation sites is 2. The van der Waals surface area contributed by atoms with E-state index in [0.717, 1.165) is 24.3 Å². The first kappa shape index (κ1) is 14.7. The minimum Gasteiger partial charge on any atom is -0.492 e. The van der Waals surface area contributed by atoms with E-state index in [4.69, 9.17) is 4.74 Å². The highest BCUT2D eigenvalue weighted by atomic mass is 16.5. The Hall–Kier alpha value is -1.71. The lowest BCUT2D eigenvalue weighted by molar-refractivity contribution is -0.120. The molecular weight excluding hydrogens is 252 g/mol. The third-order valence-electron chi connectivity index (χ3n) is 3.60. The van der Waals surface area contributed by atoms with Crippen molar-refractivity contribution < 1.29 is 9.53 Å². The van der Waals surface area contributed by atoms with Gasteiger partial charge in [-0.3, -0.25) is 4.79 Å². The van der Waals surface area contributed by atoms with Gasteiger partial charge in [0.25, 0.3) is 0 Å². The zero-order valence-electron chi connectivity index (χ0n) is 12.2. The molecule has 1 aromatic rings. The second-order valence-corrected chi connectivity index (χ2v) is 5.19. The maximum absolute atomic E-state index is 11.9. The summed E-state index contributed by atoms with van der Waals surface area (Å²) in [4.78, 5) is 11.9. The maximum atomic E-state index is 11.9. The maximum Gasteiger partial charge on any atom is 0.239 e. The largest absolute Gasteiger partial charge is 0.492 e. The zero-order chi connectivity index (χ0) is 14.2. The van der Waals surface area contributed by atoms with Crippen molar-refractivity contribution in [3.63, 3.8) is 0 Å². The molecule has 0 saturated heterocycles. The van der Waals surface area contributed by atoms with E-state index < -0.39 is 0 Å². The van der Waals surface area contributed by atoms with E-state index in [2.05, 4.69) is 10.6 Å². The van der Waals surface area contributed by atoms with Crippen LogP contribution in [0.2, 0.25) is 0 Å². The fourth-order valence-corrected chi connectivity index (χ4v) is 2.60. The summed E-state index contributed by atoms with van der Waals surface area (Å²) < 4.78 is 5.53. The number of benzene rings is 1. The number of rotatable bonds is 6. The lowest BCUT2D eigenvalue weighted by Crippen LogP contribution is -2.39. The van der Waals surface area contributed by atoms with Crippen molar-refractivity contribution in [2.24, 2.45) is 0 Å². The third kappa shape index (κ3) is 4.44. The number of carbonyl (C=O) groups excluding carboxylic acids is 1. The quantitative estimate of drug-likeness (QED) is 0.840. The number of hydrogen-bond acceptors (Lipinski definition) is 3. The monoisotopic (exact) mass is 276 g/mol. The Balaban J connectivity index is 1.80. The van der Waals surface area contributed by atoms with E-state index in [-0.39, 0.29) is 5.91 Å². The lowest BCUT2D eigenvalue weighted by Gasteiger charge is -2.23. The van der Waals surface area contributed by atoms with Crippen molar-refractivity contribution in [3.05, 3.63) is 24.3 Å². The highest BCUT2D eigenvalue weighted by Crippen LogP contribution is 2.23. The van der Waals surface area contributed by atoms with Crippen molar-refractivity contribution in [1.82, 2.24) is 5.32 Å². The van der Waals surface area contributed by atoms with Crippen LogP contribution in [0.25, 0.3) is 0 Å². The van der Waals surface area contributed by atoms with Crippen LogP contribution in [0.5, 0.6) is 5.75 Å². The summed E-state index contributed by atoms with van der Waals surface area (Å²) in [5.41, 5.74) is 0.869. The van der Waals surface area contributed by atoms with Crippen molar-refractivity contribution in [2.45, 2.75) is 45.1 Å². The molecule has 1 aliphatic rings. The van der Waals surface area contributed by atoms with Crippen molar-refractivity contribution in [2.75, 3.05) is 18.5 Å². The van der Waals surface area contributed by atoms with E-state index in [0.29, 0.717) is 19.2 Å². The predicted molar refractivity (Wildman–Crippen MR) is 81.1 cm³/mol. The molecule has 0 aromatic heterocycles. The molecule has 0 bridgehead atoms. The van der Waals surface area contributed by atoms with Crippen LogP contribution in [0, 0.1) is 0 Å². The summed E-state index contributed by atoms with van der Waals surface area (Å²) >= 11 is 0. The number of ether oxygens (including phenoxy) is 1. The normalized spacial score (nSPS) is 15.7. The van der Waals surface area contributed by atoms with E-state index in [1.807, 2.05) is 31.2 Å². The summed E-state index contributed by atoms with van der Waals surface area (Å²) in [6.45, 7) is 2.86. The first-order chi connectivity index (χ1) is 9.79. The van der Waals surface area contributed by atoms with Crippen LogP contribution in [-0.2, 0) is 4.79 Å². The Labute approximate surface area is 120 Å². The van der Waals surface area contributed by atoms with Crippen LogP contribution in [0.3, 0.4) is 0 Å². The molecule has 1 saturated carbocycles. The van der Waals surface area contributed by atoms with E-state index >= 15 is 0 Å². The molecule has 1 amide bonds. The van der Waals surface area contributed by atoms with Gasteiger partial charge in [0.1, 0.15) is 5.75 Å². The Morgan fingerprint density at radius 1 is 1.25 bits per heavy atom. The van der Waals surface area contributed by atoms with Crippen LogP contribution < -0.4 is 15.4 Å². The Bertz CT molecular complexity index is 428. The third-order valence-corrected chi connectivity index (χ3v) is 3.60. The molecule has 1 fully saturated rings. The van der Waals surface area contributed by atoms with Gasteiger partial charge in [0.2, 0.25) is 5.91 Å². The molecule has 110 valence electrons. The van der Waals surface area contributed by atoms with Gasteiger partial charge in [-0.25, -0.2) is 0 Å². The summed E-state index contributed by atoms with van der Waals surface area (Å²) in [6, 6.07) is 8.06. The summed E-state index contributed by atoms with van der Waals surface area (Å²) in [5, 5.41) is 6.25. The lowest BCUT2D eigenvalue weighted by atomic mass is 9.95. The van der Waals surface area contributed by atoms with Crippen molar-refractivity contribution in [3.8, 4) is 5.75 Å². The average Bonchev–Trinajstić information content (AvgIpc) is 2.48. The molecule has 0 radical (unpaired) electrons. The molecule has 2 N–H and O–H groups in total. The summed E-state index contributed by atoms with van der Waals surface area (Å²) in [7, 11) is 0. The molecule has 4 nitrogen and oxygen atoms in total. The van der Waals surface area contributed by atoms with Crippen LogP contribution in [0.15, 0.2) is 24.3 Å². The summed E-state index contributed by atoms with van der Waals surface area (Å²) in [5.74, 6) is 0.851. The topological polar surface area (TPSA) is 50.4 Å². The SMILES string of the molecule is CCOc1ccccc1NCC(=O)NC1CCCCC1. The minimum atomic E-state index is 0.0585. The molecule has 2 rings (SSSR count). The van der Waals surface area contributed by atoms with E-state index in [9.17, 15) is 4.79 Å². The molecule has 0 aliphatic heterocycles. The fourth-order valence-electron chi connectivity index (χ4n) is 2.60. The smallest absolute Gasteiger partial charge is 0.239 e. The Morgan fingerprint density at radius 2 is 2.00 bits per heavy atom. The van der Waals surface area contributed by atoms with Gasteiger partial charge in [-0.15, -0.1) is 0 Å². The molecule has 0 spiro atoms. The van der Waals surface area contributed by atoms with Gasteiger partial charge in [-0.05, 0) is 31.9 Å². The molecule has 0 atom stereocenters. The molecule has 0 unspecified atom stereocenters. The number of nitrogens with one attached hydrogen (secondary N) is 2. The zero-order valence-corrected chi connectivity index (χ0v) is 12.2. The van der Waals surface area contributed by atoms with Gasteiger partial charge < -0.3 is 15.4 Å². The number of anilines is 1. The van der Waals surface area contributed by atoms with Gasteiger partial charge in [0, 0.05) is 6.04 Å². The van der Waals surface area contributed by atoms with Gasteiger partial charge in [-0.1, -0.05) is 31.4 Å². The van der Waals surface area contributed by atoms with E-state index in [1.54, 1.807) is 0 Å². The highest BCUT2D eigenvalue weighted by Gasteiger charge is 2.15. The minimum absolute atomic E-state index is 0.0585. The number of hydrogen-bond donors (Lipinski definition) is 2. The van der Waals surface area contributed by atoms with E-state index in [1.165, 1.54) is 19.3 Å². The standard InChI is InChI=1S/C16H24N2O2/c1-2-20-15-11-7-6-10-14(15)17-12-16(19)18-13-8-4-3-5-9-13/h6-7,10-11,13,17H,2-5,8-9,12H2,1H3,(H,18,19). The van der Waals surface area contributed by atoms with Crippen LogP contribution in [0.1, 0.15) is 39.0 Å². The Morgan fingerprint density at radius 3 is 2.75 bits per heavy atom. The van der Waals surface area contributed by atoms with Crippen LogP contribution in [-0.4, -0.2) is 25.1 Å². The van der Waals surface area contributed by atoms with Gasteiger partial charge >= 0.3 is 0 Å². The number of amides is 1. The first-order valence-electron chi connectivity index (χ1n) is 7.54. The van der Waals surface area contributed by atoms with Crippen LogP contribution >= 0.6 is 0 Å². The van der Waals surface area contributed by atoms with Crippen LogP contribution in [0.4, 0.5) is 5.69 Å². The van der Waals surface area contributed by atoms with Gasteiger partial charge in [0.15, 0.2) is 0 Å². The van der Waals surface area contributed by atoms with Gasteiger partial charge in [-0.2, -0.15) is 0 Å². The van der Waals surface area contributed by atoms with Gasteiger partial charge in [0.05, 0.1) is 18.8 Å². The molecule has 1 aliphatic carbocycles. The molecular formula is C16H24N2O2. The first-order valence-corrected chi connectivity index (χ1v) is 7.54. The highest BCUT2D eigenvalue weighted by molar-refractivity contribution is 5.81. The van der Waals surface area contributed by atoms with Crippen molar-refractivity contribution >= 4 is 11.6 Å². The molecule has 20 heavy (non-hydrogen) atoms. The average molecular weight is 276 g/mol. The fraction of sp³-hybridized carbons (Fsp3) is 0.562. The molecule has 4 heteroatoms. The second-order valence-electron chi connectivity index (χ2n) is 5.19. The molecule has 0 heterocycles. The van der Waals surface area contributed by atoms with Crippen molar-refractivity contribution in [1.29, 1.82) is 0 Å². The molecule has 1 aromatic carbocycles. The second kappa shape index (κ2) is 7.78. The Kier molecular flexibility index (Phi) is 5.71. The summed E-state index contributed by atoms with van der Waals surface area (Å²) in [6.07, 6.45) is 5.98.